The molecule has 0 saturated carbocycles. The van der Waals surface area contributed by atoms with Gasteiger partial charge in [-0.2, -0.15) is 0 Å². The Morgan fingerprint density at radius 2 is 2.05 bits per heavy atom. The highest BCUT2D eigenvalue weighted by molar-refractivity contribution is 7.80. The number of thiocarbonyl (C=S) groups is 1. The topological polar surface area (TPSA) is 49.6 Å². The van der Waals surface area contributed by atoms with Crippen molar-refractivity contribution in [3.05, 3.63) is 35.1 Å². The Bertz CT molecular complexity index is 520. The van der Waals surface area contributed by atoms with Crippen LogP contribution in [0, 0.1) is 5.82 Å². The van der Waals surface area contributed by atoms with Crippen molar-refractivity contribution in [3.8, 4) is 0 Å². The third-order valence-corrected chi connectivity index (χ3v) is 3.35. The molecule has 0 unspecified atom stereocenters. The Hall–Kier alpha value is -1.53. The maximum Gasteiger partial charge on any atom is 0.236 e. The van der Waals surface area contributed by atoms with Crippen molar-refractivity contribution in [3.63, 3.8) is 0 Å². The van der Waals surface area contributed by atoms with Gasteiger partial charge in [-0.3, -0.25) is 9.69 Å². The van der Waals surface area contributed by atoms with Crippen LogP contribution in [0.1, 0.15) is 24.5 Å². The van der Waals surface area contributed by atoms with Gasteiger partial charge in [0.25, 0.3) is 0 Å². The van der Waals surface area contributed by atoms with Gasteiger partial charge in [0.1, 0.15) is 10.8 Å². The van der Waals surface area contributed by atoms with Gasteiger partial charge in [0, 0.05) is 26.2 Å². The van der Waals surface area contributed by atoms with E-state index < -0.39 is 0 Å². The molecule has 0 radical (unpaired) electrons. The lowest BCUT2D eigenvalue weighted by atomic mass is 10.1. The molecule has 0 fully saturated rings. The molecule has 1 aromatic carbocycles. The first-order chi connectivity index (χ1) is 9.85. The van der Waals surface area contributed by atoms with Crippen LogP contribution < -0.4 is 5.73 Å². The first kappa shape index (κ1) is 17.5. The van der Waals surface area contributed by atoms with Gasteiger partial charge in [0.15, 0.2) is 0 Å². The summed E-state index contributed by atoms with van der Waals surface area (Å²) in [6, 6.07) is 4.40. The molecule has 1 aromatic rings. The van der Waals surface area contributed by atoms with Gasteiger partial charge in [-0.25, -0.2) is 4.39 Å². The van der Waals surface area contributed by atoms with Crippen LogP contribution in [-0.2, 0) is 11.3 Å². The lowest BCUT2D eigenvalue weighted by molar-refractivity contribution is -0.130. The number of nitrogens with zero attached hydrogens (tertiary/aromatic N) is 2. The average Bonchev–Trinajstić information content (AvgIpc) is 2.40. The molecule has 0 aliphatic carbocycles. The summed E-state index contributed by atoms with van der Waals surface area (Å²) in [6.07, 6.45) is 0.921. The van der Waals surface area contributed by atoms with Crippen LogP contribution in [0.2, 0.25) is 0 Å². The van der Waals surface area contributed by atoms with Gasteiger partial charge in [-0.05, 0) is 30.7 Å². The second kappa shape index (κ2) is 8.05. The predicted molar refractivity (Wildman–Crippen MR) is 86.5 cm³/mol. The standard InChI is InChI=1S/C15H22FN3OS/c1-4-7-19(10-14(20)18(2)3)9-11-5-6-12(16)8-13(11)15(17)21/h5-6,8H,4,7,9-10H2,1-3H3,(H2,17,21). The number of rotatable bonds is 7. The summed E-state index contributed by atoms with van der Waals surface area (Å²) in [5.41, 5.74) is 7.02. The van der Waals surface area contributed by atoms with Gasteiger partial charge in [-0.1, -0.05) is 25.2 Å². The van der Waals surface area contributed by atoms with Crippen LogP contribution in [0.4, 0.5) is 4.39 Å². The molecule has 0 bridgehead atoms. The molecule has 4 nitrogen and oxygen atoms in total. The van der Waals surface area contributed by atoms with E-state index in [2.05, 4.69) is 0 Å². The molecule has 0 saturated heterocycles. The fraction of sp³-hybridized carbons (Fsp3) is 0.467. The van der Waals surface area contributed by atoms with Gasteiger partial charge >= 0.3 is 0 Å². The van der Waals surface area contributed by atoms with E-state index in [1.165, 1.54) is 12.1 Å². The van der Waals surface area contributed by atoms with Gasteiger partial charge in [-0.15, -0.1) is 0 Å². The summed E-state index contributed by atoms with van der Waals surface area (Å²) in [4.78, 5) is 15.6. The van der Waals surface area contributed by atoms with E-state index in [0.29, 0.717) is 18.7 Å². The minimum atomic E-state index is -0.368. The molecule has 1 amide bonds. The summed E-state index contributed by atoms with van der Waals surface area (Å²) in [7, 11) is 3.45. The van der Waals surface area contributed by atoms with Crippen molar-refractivity contribution in [1.29, 1.82) is 0 Å². The van der Waals surface area contributed by atoms with E-state index in [1.54, 1.807) is 25.1 Å². The Labute approximate surface area is 130 Å². The van der Waals surface area contributed by atoms with Crippen LogP contribution in [0.25, 0.3) is 0 Å². The monoisotopic (exact) mass is 311 g/mol. The molecule has 0 aliphatic heterocycles. The fourth-order valence-electron chi connectivity index (χ4n) is 2.02. The first-order valence-corrected chi connectivity index (χ1v) is 7.26. The Morgan fingerprint density at radius 3 is 2.57 bits per heavy atom. The number of carbonyl (C=O) groups excluding carboxylic acids is 1. The largest absolute Gasteiger partial charge is 0.389 e. The Kier molecular flexibility index (Phi) is 6.71. The minimum absolute atomic E-state index is 0.0300. The molecule has 0 atom stereocenters. The SMILES string of the molecule is CCCN(CC(=O)N(C)C)Cc1ccc(F)cc1C(N)=S. The molecule has 1 rings (SSSR count). The van der Waals surface area contributed by atoms with E-state index in [0.717, 1.165) is 18.5 Å². The maximum absolute atomic E-state index is 13.3. The zero-order chi connectivity index (χ0) is 16.0. The second-order valence-corrected chi connectivity index (χ2v) is 5.60. The van der Waals surface area contributed by atoms with E-state index in [4.69, 9.17) is 18.0 Å². The highest BCUT2D eigenvalue weighted by atomic mass is 32.1. The Balaban J connectivity index is 2.93. The molecule has 21 heavy (non-hydrogen) atoms. The molecule has 116 valence electrons. The van der Waals surface area contributed by atoms with Crippen molar-refractivity contribution >= 4 is 23.1 Å². The molecule has 0 aliphatic rings. The van der Waals surface area contributed by atoms with E-state index in [9.17, 15) is 9.18 Å². The minimum Gasteiger partial charge on any atom is -0.389 e. The maximum atomic E-state index is 13.3. The van der Waals surface area contributed by atoms with E-state index in [1.807, 2.05) is 11.8 Å². The first-order valence-electron chi connectivity index (χ1n) is 6.85. The Morgan fingerprint density at radius 1 is 1.38 bits per heavy atom. The zero-order valence-corrected chi connectivity index (χ0v) is 13.5. The number of amides is 1. The third-order valence-electron chi connectivity index (χ3n) is 3.13. The van der Waals surface area contributed by atoms with Crippen LogP contribution in [0.15, 0.2) is 18.2 Å². The van der Waals surface area contributed by atoms with Gasteiger partial charge < -0.3 is 10.6 Å². The summed E-state index contributed by atoms with van der Waals surface area (Å²) >= 11 is 4.97. The average molecular weight is 311 g/mol. The molecule has 0 aromatic heterocycles. The van der Waals surface area contributed by atoms with Crippen molar-refractivity contribution in [1.82, 2.24) is 9.80 Å². The normalized spacial score (nSPS) is 10.7. The number of hydrogen-bond acceptors (Lipinski definition) is 3. The predicted octanol–water partition coefficient (Wildman–Crippen LogP) is 1.76. The molecule has 0 spiro atoms. The number of carbonyl (C=O) groups is 1. The van der Waals surface area contributed by atoms with E-state index >= 15 is 0 Å². The third kappa shape index (κ3) is 5.40. The summed E-state index contributed by atoms with van der Waals surface area (Å²) in [5.74, 6) is -0.338. The number of nitrogens with two attached hydrogens (primary N) is 1. The molecule has 0 heterocycles. The smallest absolute Gasteiger partial charge is 0.236 e. The quantitative estimate of drug-likeness (QED) is 0.780. The van der Waals surface area contributed by atoms with Crippen LogP contribution in [0.3, 0.4) is 0 Å². The van der Waals surface area contributed by atoms with Crippen molar-refractivity contribution < 1.29 is 9.18 Å². The van der Waals surface area contributed by atoms with Gasteiger partial charge in [0.2, 0.25) is 5.91 Å². The summed E-state index contributed by atoms with van der Waals surface area (Å²) in [6.45, 7) is 3.65. The van der Waals surface area contributed by atoms with Crippen LogP contribution >= 0.6 is 12.2 Å². The van der Waals surface area contributed by atoms with Crippen LogP contribution in [0.5, 0.6) is 0 Å². The summed E-state index contributed by atoms with van der Waals surface area (Å²) < 4.78 is 13.3. The number of likely N-dealkylation sites (N-methyl/N-ethyl adjacent to an activating group) is 1. The molecule has 2 N–H and O–H groups in total. The van der Waals surface area contributed by atoms with Crippen LogP contribution in [-0.4, -0.2) is 47.9 Å². The lowest BCUT2D eigenvalue weighted by Gasteiger charge is -2.24. The van der Waals surface area contributed by atoms with Gasteiger partial charge in [0.05, 0.1) is 6.54 Å². The van der Waals surface area contributed by atoms with Crippen molar-refractivity contribution in [2.45, 2.75) is 19.9 Å². The number of hydrogen-bond donors (Lipinski definition) is 1. The zero-order valence-electron chi connectivity index (χ0n) is 12.7. The second-order valence-electron chi connectivity index (χ2n) is 5.16. The fourth-order valence-corrected chi connectivity index (χ4v) is 2.21. The van der Waals surface area contributed by atoms with Crippen molar-refractivity contribution in [2.75, 3.05) is 27.2 Å². The van der Waals surface area contributed by atoms with Crippen molar-refractivity contribution in [2.24, 2.45) is 5.73 Å². The molecule has 6 heteroatoms. The summed E-state index contributed by atoms with van der Waals surface area (Å²) in [5, 5.41) is 0. The van der Waals surface area contributed by atoms with E-state index in [-0.39, 0.29) is 16.7 Å². The molecular formula is C15H22FN3OS. The lowest BCUT2D eigenvalue weighted by Crippen LogP contribution is -2.37. The number of halogens is 1. The highest BCUT2D eigenvalue weighted by Gasteiger charge is 2.15. The molecular weight excluding hydrogens is 289 g/mol. The number of benzene rings is 1. The highest BCUT2D eigenvalue weighted by Crippen LogP contribution is 2.14.